The summed E-state index contributed by atoms with van der Waals surface area (Å²) in [4.78, 5) is 4.36. The summed E-state index contributed by atoms with van der Waals surface area (Å²) < 4.78 is 5.16. The molecule has 4 nitrogen and oxygen atoms in total. The number of hydrogen-bond donors (Lipinski definition) is 1. The van der Waals surface area contributed by atoms with Crippen molar-refractivity contribution in [2.75, 3.05) is 12.8 Å². The minimum Gasteiger partial charge on any atom is -0.497 e. The van der Waals surface area contributed by atoms with Gasteiger partial charge in [0.15, 0.2) is 0 Å². The summed E-state index contributed by atoms with van der Waals surface area (Å²) in [5.74, 6) is 1.03. The third-order valence-electron chi connectivity index (χ3n) is 3.38. The minimum absolute atomic E-state index is 0.247. The van der Waals surface area contributed by atoms with E-state index in [0.717, 1.165) is 28.1 Å². The average molecular weight is 307 g/mol. The Kier molecular flexibility index (Phi) is 3.77. The van der Waals surface area contributed by atoms with Crippen LogP contribution in [-0.2, 0) is 0 Å². The fourth-order valence-electron chi connectivity index (χ4n) is 2.24. The van der Waals surface area contributed by atoms with Crippen molar-refractivity contribution in [2.24, 2.45) is 0 Å². The Balaban J connectivity index is 2.15. The predicted molar refractivity (Wildman–Crippen MR) is 88.7 cm³/mol. The second-order valence-electron chi connectivity index (χ2n) is 4.67. The van der Waals surface area contributed by atoms with E-state index in [-0.39, 0.29) is 5.82 Å². The summed E-state index contributed by atoms with van der Waals surface area (Å²) in [6, 6.07) is 13.6. The van der Waals surface area contributed by atoms with Crippen molar-refractivity contribution < 1.29 is 4.74 Å². The monoisotopic (exact) mass is 307 g/mol. The van der Waals surface area contributed by atoms with E-state index >= 15 is 0 Å². The molecule has 0 spiro atoms. The quantitative estimate of drug-likeness (QED) is 0.795. The summed E-state index contributed by atoms with van der Waals surface area (Å²) in [5.41, 5.74) is 9.84. The van der Waals surface area contributed by atoms with Crippen LogP contribution in [0.2, 0.25) is 0 Å². The van der Waals surface area contributed by atoms with Crippen LogP contribution in [0.3, 0.4) is 0 Å². The van der Waals surface area contributed by atoms with Crippen molar-refractivity contribution in [3.63, 3.8) is 0 Å². The molecule has 0 unspecified atom stereocenters. The van der Waals surface area contributed by atoms with Crippen LogP contribution in [0.1, 0.15) is 5.56 Å². The molecule has 0 aliphatic carbocycles. The number of pyridine rings is 1. The highest BCUT2D eigenvalue weighted by atomic mass is 32.1. The third kappa shape index (κ3) is 2.52. The first-order valence-electron chi connectivity index (χ1n) is 6.60. The summed E-state index contributed by atoms with van der Waals surface area (Å²) in [6.07, 6.45) is 0. The Labute approximate surface area is 132 Å². The van der Waals surface area contributed by atoms with Gasteiger partial charge in [-0.15, -0.1) is 0 Å². The largest absolute Gasteiger partial charge is 0.497 e. The number of aromatic nitrogens is 1. The maximum absolute atomic E-state index is 9.34. The van der Waals surface area contributed by atoms with Crippen molar-refractivity contribution in [1.82, 2.24) is 4.98 Å². The van der Waals surface area contributed by atoms with Crippen LogP contribution in [0.4, 0.5) is 5.82 Å². The maximum Gasteiger partial charge on any atom is 0.142 e. The SMILES string of the molecule is COc1ccc(-c2cc(-c3ccsc3)c(C#N)c(N)n2)cc1. The van der Waals surface area contributed by atoms with E-state index in [2.05, 4.69) is 11.1 Å². The molecule has 0 aliphatic heterocycles. The molecule has 108 valence electrons. The molecule has 3 aromatic rings. The summed E-state index contributed by atoms with van der Waals surface area (Å²) in [6.45, 7) is 0. The van der Waals surface area contributed by atoms with Gasteiger partial charge < -0.3 is 10.5 Å². The fraction of sp³-hybridized carbons (Fsp3) is 0.0588. The molecule has 0 bridgehead atoms. The second kappa shape index (κ2) is 5.88. The van der Waals surface area contributed by atoms with E-state index in [1.165, 1.54) is 0 Å². The molecule has 2 heterocycles. The van der Waals surface area contributed by atoms with Gasteiger partial charge in [0, 0.05) is 11.1 Å². The van der Waals surface area contributed by atoms with E-state index in [9.17, 15) is 5.26 Å². The standard InChI is InChI=1S/C17H13N3OS/c1-21-13-4-2-11(3-5-13)16-8-14(12-6-7-22-10-12)15(9-18)17(19)20-16/h2-8,10H,1H3,(H2,19,20). The van der Waals surface area contributed by atoms with Crippen molar-refractivity contribution in [3.8, 4) is 34.2 Å². The topological polar surface area (TPSA) is 71.9 Å². The number of ether oxygens (including phenoxy) is 1. The Morgan fingerprint density at radius 1 is 1.18 bits per heavy atom. The molecule has 1 aromatic carbocycles. The first-order valence-corrected chi connectivity index (χ1v) is 7.55. The lowest BCUT2D eigenvalue weighted by Gasteiger charge is -2.09. The molecule has 0 aliphatic rings. The zero-order chi connectivity index (χ0) is 15.5. The lowest BCUT2D eigenvalue weighted by atomic mass is 10.0. The first-order chi connectivity index (χ1) is 10.7. The van der Waals surface area contributed by atoms with Gasteiger partial charge in [-0.3, -0.25) is 0 Å². The van der Waals surface area contributed by atoms with Crippen LogP contribution in [0.25, 0.3) is 22.4 Å². The molecular formula is C17H13N3OS. The van der Waals surface area contributed by atoms with Crippen LogP contribution in [0.5, 0.6) is 5.75 Å². The van der Waals surface area contributed by atoms with Crippen LogP contribution in [0.15, 0.2) is 47.2 Å². The highest BCUT2D eigenvalue weighted by Gasteiger charge is 2.13. The van der Waals surface area contributed by atoms with E-state index < -0.39 is 0 Å². The molecule has 22 heavy (non-hydrogen) atoms. The van der Waals surface area contributed by atoms with Crippen molar-refractivity contribution in [1.29, 1.82) is 5.26 Å². The van der Waals surface area contributed by atoms with Crippen LogP contribution in [0, 0.1) is 11.3 Å². The van der Waals surface area contributed by atoms with Gasteiger partial charge >= 0.3 is 0 Å². The second-order valence-corrected chi connectivity index (χ2v) is 5.45. The van der Waals surface area contributed by atoms with Gasteiger partial charge in [-0.1, -0.05) is 0 Å². The molecule has 0 amide bonds. The molecular weight excluding hydrogens is 294 g/mol. The number of anilines is 1. The van der Waals surface area contributed by atoms with Gasteiger partial charge in [0.25, 0.3) is 0 Å². The molecule has 0 fully saturated rings. The summed E-state index contributed by atoms with van der Waals surface area (Å²) in [7, 11) is 1.63. The molecule has 5 heteroatoms. The Morgan fingerprint density at radius 3 is 2.55 bits per heavy atom. The highest BCUT2D eigenvalue weighted by Crippen LogP contribution is 2.32. The number of benzene rings is 1. The first kappa shape index (κ1) is 14.1. The number of nitriles is 1. The lowest BCUT2D eigenvalue weighted by molar-refractivity contribution is 0.415. The fourth-order valence-corrected chi connectivity index (χ4v) is 2.89. The lowest BCUT2D eigenvalue weighted by Crippen LogP contribution is -1.99. The molecule has 2 aromatic heterocycles. The average Bonchev–Trinajstić information content (AvgIpc) is 3.08. The molecule has 3 rings (SSSR count). The number of rotatable bonds is 3. The Morgan fingerprint density at radius 2 is 1.95 bits per heavy atom. The number of thiophene rings is 1. The maximum atomic E-state index is 9.34. The van der Waals surface area contributed by atoms with E-state index in [4.69, 9.17) is 10.5 Å². The van der Waals surface area contributed by atoms with Gasteiger partial charge in [0.2, 0.25) is 0 Å². The van der Waals surface area contributed by atoms with Crippen molar-refractivity contribution in [2.45, 2.75) is 0 Å². The van der Waals surface area contributed by atoms with Crippen LogP contribution < -0.4 is 10.5 Å². The third-order valence-corrected chi connectivity index (χ3v) is 4.06. The Hall–Kier alpha value is -2.84. The van der Waals surface area contributed by atoms with Gasteiger partial charge in [-0.25, -0.2) is 4.98 Å². The number of nitrogens with zero attached hydrogens (tertiary/aromatic N) is 2. The number of methoxy groups -OCH3 is 1. The molecule has 0 saturated heterocycles. The normalized spacial score (nSPS) is 10.2. The molecule has 2 N–H and O–H groups in total. The number of hydrogen-bond acceptors (Lipinski definition) is 5. The predicted octanol–water partition coefficient (Wildman–Crippen LogP) is 3.94. The zero-order valence-corrected chi connectivity index (χ0v) is 12.7. The molecule has 0 atom stereocenters. The summed E-state index contributed by atoms with van der Waals surface area (Å²) >= 11 is 1.58. The van der Waals surface area contributed by atoms with Crippen LogP contribution in [-0.4, -0.2) is 12.1 Å². The Bertz CT molecular complexity index is 834. The molecule has 0 radical (unpaired) electrons. The van der Waals surface area contributed by atoms with E-state index in [1.807, 2.05) is 47.2 Å². The smallest absolute Gasteiger partial charge is 0.142 e. The number of nitrogen functional groups attached to an aromatic ring is 1. The van der Waals surface area contributed by atoms with Gasteiger partial charge in [-0.2, -0.15) is 16.6 Å². The van der Waals surface area contributed by atoms with Crippen molar-refractivity contribution >= 4 is 17.2 Å². The summed E-state index contributed by atoms with van der Waals surface area (Å²) in [5, 5.41) is 13.3. The van der Waals surface area contributed by atoms with Gasteiger partial charge in [0.1, 0.15) is 23.2 Å². The minimum atomic E-state index is 0.247. The van der Waals surface area contributed by atoms with Gasteiger partial charge in [0.05, 0.1) is 12.8 Å². The highest BCUT2D eigenvalue weighted by molar-refractivity contribution is 7.08. The molecule has 0 saturated carbocycles. The number of nitrogens with two attached hydrogens (primary N) is 1. The zero-order valence-electron chi connectivity index (χ0n) is 11.9. The van der Waals surface area contributed by atoms with E-state index in [1.54, 1.807) is 18.4 Å². The van der Waals surface area contributed by atoms with Crippen molar-refractivity contribution in [3.05, 3.63) is 52.7 Å². The van der Waals surface area contributed by atoms with Gasteiger partial charge in [-0.05, 0) is 52.7 Å². The van der Waals surface area contributed by atoms with E-state index in [0.29, 0.717) is 5.56 Å². The van der Waals surface area contributed by atoms with Crippen LogP contribution >= 0.6 is 11.3 Å².